The number of hydrogen-bond donors (Lipinski definition) is 1. The van der Waals surface area contributed by atoms with E-state index in [4.69, 9.17) is 16.7 Å². The Bertz CT molecular complexity index is 1070. The zero-order valence-electron chi connectivity index (χ0n) is 14.4. The highest BCUT2D eigenvalue weighted by Crippen LogP contribution is 2.29. The van der Waals surface area contributed by atoms with Crippen LogP contribution in [-0.4, -0.2) is 25.0 Å². The van der Waals surface area contributed by atoms with E-state index in [1.54, 1.807) is 6.20 Å². The maximum absolute atomic E-state index is 6.36. The van der Waals surface area contributed by atoms with Gasteiger partial charge in [-0.1, -0.05) is 29.8 Å². The summed E-state index contributed by atoms with van der Waals surface area (Å²) in [6.45, 7) is 4.54. The van der Waals surface area contributed by atoms with Crippen molar-refractivity contribution in [3.05, 3.63) is 70.8 Å². The van der Waals surface area contributed by atoms with Crippen LogP contribution in [0.5, 0.6) is 0 Å². The van der Waals surface area contributed by atoms with Crippen LogP contribution in [-0.2, 0) is 6.54 Å². The molecular formula is C19H17ClN6. The Balaban J connectivity index is 1.80. The molecule has 0 aliphatic heterocycles. The van der Waals surface area contributed by atoms with Crippen molar-refractivity contribution < 1.29 is 0 Å². The Labute approximate surface area is 155 Å². The van der Waals surface area contributed by atoms with Crippen molar-refractivity contribution in [1.82, 2.24) is 25.0 Å². The number of hydrogen-bond acceptors (Lipinski definition) is 5. The average Bonchev–Trinajstić information content (AvgIpc) is 3.01. The fourth-order valence-electron chi connectivity index (χ4n) is 2.99. The van der Waals surface area contributed by atoms with Gasteiger partial charge in [0.1, 0.15) is 5.52 Å². The Kier molecular flexibility index (Phi) is 4.26. The number of halogens is 1. The van der Waals surface area contributed by atoms with Crippen LogP contribution < -0.4 is 5.32 Å². The van der Waals surface area contributed by atoms with Crippen molar-refractivity contribution in [2.24, 2.45) is 0 Å². The minimum Gasteiger partial charge on any atom is -0.363 e. The summed E-state index contributed by atoms with van der Waals surface area (Å²) >= 11 is 6.36. The number of aryl methyl sites for hydroxylation is 2. The largest absolute Gasteiger partial charge is 0.363 e. The number of anilines is 1. The van der Waals surface area contributed by atoms with Gasteiger partial charge < -0.3 is 5.32 Å². The molecule has 0 unspecified atom stereocenters. The van der Waals surface area contributed by atoms with Gasteiger partial charge in [0, 0.05) is 18.9 Å². The standard InChI is InChI=1S/C19H17ClN6/c1-12-17-13(2)26(16-8-4-3-7-15(16)20)25-18(17)19(24-23-12)22-11-14-6-5-9-21-10-14/h3-10H,11H2,1-2H3,(H,22,24). The van der Waals surface area contributed by atoms with E-state index >= 15 is 0 Å². The molecule has 0 bridgehead atoms. The third-order valence-electron chi connectivity index (χ3n) is 4.27. The molecule has 0 spiro atoms. The van der Waals surface area contributed by atoms with E-state index in [9.17, 15) is 0 Å². The molecule has 6 nitrogen and oxygen atoms in total. The second kappa shape index (κ2) is 6.72. The summed E-state index contributed by atoms with van der Waals surface area (Å²) in [5.41, 5.74) is 4.48. The van der Waals surface area contributed by atoms with E-state index in [0.29, 0.717) is 17.4 Å². The Morgan fingerprint density at radius 2 is 1.92 bits per heavy atom. The van der Waals surface area contributed by atoms with Crippen molar-refractivity contribution in [2.45, 2.75) is 20.4 Å². The highest BCUT2D eigenvalue weighted by molar-refractivity contribution is 6.32. The second-order valence-electron chi connectivity index (χ2n) is 6.02. The predicted octanol–water partition coefficient (Wildman–Crippen LogP) is 4.09. The van der Waals surface area contributed by atoms with Crippen LogP contribution in [0.15, 0.2) is 48.8 Å². The molecule has 0 saturated heterocycles. The van der Waals surface area contributed by atoms with Crippen LogP contribution in [0.25, 0.3) is 16.6 Å². The molecule has 0 fully saturated rings. The van der Waals surface area contributed by atoms with Gasteiger partial charge in [0.2, 0.25) is 0 Å². The van der Waals surface area contributed by atoms with Crippen molar-refractivity contribution in [1.29, 1.82) is 0 Å². The van der Waals surface area contributed by atoms with Crippen LogP contribution in [0.2, 0.25) is 5.02 Å². The molecule has 130 valence electrons. The normalized spacial score (nSPS) is 11.0. The van der Waals surface area contributed by atoms with E-state index in [1.807, 2.05) is 61.1 Å². The van der Waals surface area contributed by atoms with Gasteiger partial charge in [-0.05, 0) is 37.6 Å². The third kappa shape index (κ3) is 2.88. The highest BCUT2D eigenvalue weighted by Gasteiger charge is 2.17. The van der Waals surface area contributed by atoms with E-state index < -0.39 is 0 Å². The van der Waals surface area contributed by atoms with Gasteiger partial charge in [-0.3, -0.25) is 4.98 Å². The molecular weight excluding hydrogens is 348 g/mol. The Morgan fingerprint density at radius 3 is 2.69 bits per heavy atom. The lowest BCUT2D eigenvalue weighted by Gasteiger charge is -2.06. The summed E-state index contributed by atoms with van der Waals surface area (Å²) in [7, 11) is 0. The Hall–Kier alpha value is -2.99. The number of aromatic nitrogens is 5. The molecule has 1 N–H and O–H groups in total. The summed E-state index contributed by atoms with van der Waals surface area (Å²) in [5, 5.41) is 18.3. The fraction of sp³-hybridized carbons (Fsp3) is 0.158. The first kappa shape index (κ1) is 16.5. The lowest BCUT2D eigenvalue weighted by molar-refractivity contribution is 0.860. The van der Waals surface area contributed by atoms with Crippen LogP contribution in [0.1, 0.15) is 17.0 Å². The molecule has 3 heterocycles. The van der Waals surface area contributed by atoms with Crippen molar-refractivity contribution >= 4 is 28.3 Å². The summed E-state index contributed by atoms with van der Waals surface area (Å²) in [5.74, 6) is 0.642. The fourth-order valence-corrected chi connectivity index (χ4v) is 3.20. The SMILES string of the molecule is Cc1nnc(NCc2cccnc2)c2nn(-c3ccccc3Cl)c(C)c12. The van der Waals surface area contributed by atoms with Gasteiger partial charge in [0.25, 0.3) is 0 Å². The molecule has 0 aliphatic rings. The predicted molar refractivity (Wildman–Crippen MR) is 103 cm³/mol. The lowest BCUT2D eigenvalue weighted by Crippen LogP contribution is -2.04. The lowest BCUT2D eigenvalue weighted by atomic mass is 10.2. The van der Waals surface area contributed by atoms with Crippen molar-refractivity contribution in [2.75, 3.05) is 5.32 Å². The second-order valence-corrected chi connectivity index (χ2v) is 6.43. The monoisotopic (exact) mass is 364 g/mol. The van der Waals surface area contributed by atoms with Crippen molar-refractivity contribution in [3.63, 3.8) is 0 Å². The number of nitrogens with one attached hydrogen (secondary N) is 1. The molecule has 4 aromatic rings. The molecule has 3 aromatic heterocycles. The Morgan fingerprint density at radius 1 is 1.08 bits per heavy atom. The highest BCUT2D eigenvalue weighted by atomic mass is 35.5. The molecule has 26 heavy (non-hydrogen) atoms. The van der Waals surface area contributed by atoms with Crippen LogP contribution in [0.3, 0.4) is 0 Å². The first-order valence-electron chi connectivity index (χ1n) is 8.25. The molecule has 0 atom stereocenters. The van der Waals surface area contributed by atoms with Gasteiger partial charge in [0.05, 0.1) is 27.5 Å². The van der Waals surface area contributed by atoms with E-state index in [0.717, 1.165) is 33.5 Å². The average molecular weight is 365 g/mol. The minimum absolute atomic E-state index is 0.596. The van der Waals surface area contributed by atoms with Crippen LogP contribution >= 0.6 is 11.6 Å². The third-order valence-corrected chi connectivity index (χ3v) is 4.59. The number of nitrogens with zero attached hydrogens (tertiary/aromatic N) is 5. The summed E-state index contributed by atoms with van der Waals surface area (Å²) in [6.07, 6.45) is 3.57. The number of para-hydroxylation sites is 1. The summed E-state index contributed by atoms with van der Waals surface area (Å²) in [4.78, 5) is 4.13. The van der Waals surface area contributed by atoms with E-state index in [1.165, 1.54) is 0 Å². The zero-order chi connectivity index (χ0) is 18.1. The van der Waals surface area contributed by atoms with Crippen molar-refractivity contribution in [3.8, 4) is 5.69 Å². The number of rotatable bonds is 4. The van der Waals surface area contributed by atoms with Gasteiger partial charge in [0.15, 0.2) is 5.82 Å². The van der Waals surface area contributed by atoms with Gasteiger partial charge in [-0.25, -0.2) is 4.68 Å². The van der Waals surface area contributed by atoms with Gasteiger partial charge >= 0.3 is 0 Å². The number of pyridine rings is 1. The first-order chi connectivity index (χ1) is 12.6. The summed E-state index contributed by atoms with van der Waals surface area (Å²) < 4.78 is 1.85. The molecule has 4 rings (SSSR count). The van der Waals surface area contributed by atoms with Gasteiger partial charge in [-0.15, -0.1) is 5.10 Å². The summed E-state index contributed by atoms with van der Waals surface area (Å²) in [6, 6.07) is 11.6. The minimum atomic E-state index is 0.596. The van der Waals surface area contributed by atoms with Gasteiger partial charge in [-0.2, -0.15) is 10.2 Å². The molecule has 0 aliphatic carbocycles. The topological polar surface area (TPSA) is 68.5 Å². The molecule has 1 aromatic carbocycles. The first-order valence-corrected chi connectivity index (χ1v) is 8.63. The van der Waals surface area contributed by atoms with Crippen LogP contribution in [0.4, 0.5) is 5.82 Å². The smallest absolute Gasteiger partial charge is 0.177 e. The molecule has 0 saturated carbocycles. The maximum atomic E-state index is 6.36. The quantitative estimate of drug-likeness (QED) is 0.590. The zero-order valence-corrected chi connectivity index (χ0v) is 15.2. The molecule has 7 heteroatoms. The molecule has 0 amide bonds. The molecule has 0 radical (unpaired) electrons. The number of benzene rings is 1. The van der Waals surface area contributed by atoms with E-state index in [-0.39, 0.29) is 0 Å². The number of fused-ring (bicyclic) bond motifs is 1. The maximum Gasteiger partial charge on any atom is 0.177 e. The van der Waals surface area contributed by atoms with Crippen LogP contribution in [0, 0.1) is 13.8 Å². The van der Waals surface area contributed by atoms with E-state index in [2.05, 4.69) is 20.5 Å².